The Morgan fingerprint density at radius 3 is 2.33 bits per heavy atom. The maximum absolute atomic E-state index is 4.66. The number of aliphatic imine (C=N–C) groups is 1. The van der Waals surface area contributed by atoms with E-state index in [1.807, 2.05) is 0 Å². The summed E-state index contributed by atoms with van der Waals surface area (Å²) in [6.07, 6.45) is 9.19. The van der Waals surface area contributed by atoms with Crippen LogP contribution in [0.4, 0.5) is 0 Å². The zero-order chi connectivity index (χ0) is 14.5. The van der Waals surface area contributed by atoms with E-state index >= 15 is 0 Å². The molecule has 1 heterocycles. The first-order chi connectivity index (χ1) is 9.86. The number of nitrogens with zero attached hydrogens (tertiary/aromatic N) is 2. The fourth-order valence-corrected chi connectivity index (χ4v) is 2.57. The first-order valence-electron chi connectivity index (χ1n) is 8.61. The van der Waals surface area contributed by atoms with Crippen molar-refractivity contribution in [1.29, 1.82) is 0 Å². The number of rotatable bonds is 8. The molecular formula is C16H35IN4. The van der Waals surface area contributed by atoms with Crippen molar-refractivity contribution >= 4 is 29.9 Å². The second kappa shape index (κ2) is 14.9. The normalized spacial score (nSPS) is 17.0. The lowest BCUT2D eigenvalue weighted by atomic mass is 10.2. The average molecular weight is 410 g/mol. The molecule has 1 rings (SSSR count). The van der Waals surface area contributed by atoms with Crippen molar-refractivity contribution in [3.8, 4) is 0 Å². The Bertz CT molecular complexity index is 251. The zero-order valence-corrected chi connectivity index (χ0v) is 16.3. The van der Waals surface area contributed by atoms with Gasteiger partial charge in [-0.25, -0.2) is 0 Å². The standard InChI is InChI=1S/C16H34N4.HI/c1-3-5-11-18-16(17-4-2)19-12-10-15-20-13-8-6-7-9-14-20;/h3-15H2,1-2H3,(H2,17,18,19);1H. The van der Waals surface area contributed by atoms with Gasteiger partial charge in [0.25, 0.3) is 0 Å². The minimum Gasteiger partial charge on any atom is -0.357 e. The van der Waals surface area contributed by atoms with Crippen LogP contribution in [-0.2, 0) is 0 Å². The van der Waals surface area contributed by atoms with Crippen LogP contribution in [0.2, 0.25) is 0 Å². The van der Waals surface area contributed by atoms with Gasteiger partial charge in [-0.1, -0.05) is 26.2 Å². The minimum atomic E-state index is 0. The molecule has 0 spiro atoms. The number of halogens is 1. The Labute approximate surface area is 148 Å². The monoisotopic (exact) mass is 410 g/mol. The second-order valence-electron chi connectivity index (χ2n) is 5.65. The number of nitrogens with one attached hydrogen (secondary N) is 2. The van der Waals surface area contributed by atoms with Gasteiger partial charge < -0.3 is 15.5 Å². The van der Waals surface area contributed by atoms with Gasteiger partial charge in [-0.05, 0) is 52.2 Å². The van der Waals surface area contributed by atoms with Crippen molar-refractivity contribution < 1.29 is 0 Å². The predicted octanol–water partition coefficient (Wildman–Crippen LogP) is 3.23. The smallest absolute Gasteiger partial charge is 0.191 e. The number of hydrogen-bond acceptors (Lipinski definition) is 2. The molecular weight excluding hydrogens is 375 g/mol. The summed E-state index contributed by atoms with van der Waals surface area (Å²) in [5, 5.41) is 6.71. The van der Waals surface area contributed by atoms with Crippen LogP contribution >= 0.6 is 24.0 Å². The lowest BCUT2D eigenvalue weighted by Gasteiger charge is -2.19. The molecule has 1 aliphatic rings. The Morgan fingerprint density at radius 2 is 1.71 bits per heavy atom. The number of likely N-dealkylation sites (tertiary alicyclic amines) is 1. The van der Waals surface area contributed by atoms with Gasteiger partial charge in [-0.2, -0.15) is 0 Å². The van der Waals surface area contributed by atoms with Gasteiger partial charge in [0.05, 0.1) is 0 Å². The van der Waals surface area contributed by atoms with Crippen molar-refractivity contribution in [2.24, 2.45) is 4.99 Å². The Balaban J connectivity index is 0.00000400. The molecule has 0 saturated carbocycles. The summed E-state index contributed by atoms with van der Waals surface area (Å²) < 4.78 is 0. The van der Waals surface area contributed by atoms with Gasteiger partial charge in [0.15, 0.2) is 5.96 Å². The highest BCUT2D eigenvalue weighted by Crippen LogP contribution is 2.09. The van der Waals surface area contributed by atoms with Crippen molar-refractivity contribution in [2.75, 3.05) is 39.3 Å². The predicted molar refractivity (Wildman–Crippen MR) is 104 cm³/mol. The molecule has 0 amide bonds. The third-order valence-electron chi connectivity index (χ3n) is 3.77. The van der Waals surface area contributed by atoms with Crippen molar-refractivity contribution in [3.05, 3.63) is 0 Å². The van der Waals surface area contributed by atoms with Crippen LogP contribution < -0.4 is 10.6 Å². The summed E-state index contributed by atoms with van der Waals surface area (Å²) in [6, 6.07) is 0. The molecule has 0 aromatic carbocycles. The summed E-state index contributed by atoms with van der Waals surface area (Å²) in [6.45, 7) is 11.0. The molecule has 0 aliphatic carbocycles. The molecule has 0 unspecified atom stereocenters. The lowest BCUT2D eigenvalue weighted by Crippen LogP contribution is -2.38. The van der Waals surface area contributed by atoms with Gasteiger partial charge in [-0.3, -0.25) is 4.99 Å². The van der Waals surface area contributed by atoms with Crippen LogP contribution in [0, 0.1) is 0 Å². The molecule has 1 fully saturated rings. The Kier molecular flexibility index (Phi) is 14.9. The van der Waals surface area contributed by atoms with Gasteiger partial charge in [-0.15, -0.1) is 24.0 Å². The van der Waals surface area contributed by atoms with Gasteiger partial charge in [0.1, 0.15) is 0 Å². The molecule has 1 saturated heterocycles. The number of unbranched alkanes of at least 4 members (excludes halogenated alkanes) is 1. The molecule has 0 radical (unpaired) electrons. The van der Waals surface area contributed by atoms with E-state index in [0.717, 1.165) is 25.6 Å². The van der Waals surface area contributed by atoms with Crippen molar-refractivity contribution in [3.63, 3.8) is 0 Å². The van der Waals surface area contributed by atoms with E-state index in [1.165, 1.54) is 64.6 Å². The minimum absolute atomic E-state index is 0. The van der Waals surface area contributed by atoms with Crippen LogP contribution in [0.15, 0.2) is 4.99 Å². The van der Waals surface area contributed by atoms with Crippen LogP contribution in [-0.4, -0.2) is 50.1 Å². The first kappa shape index (κ1) is 21.0. The molecule has 21 heavy (non-hydrogen) atoms. The Morgan fingerprint density at radius 1 is 1.00 bits per heavy atom. The maximum atomic E-state index is 4.66. The quantitative estimate of drug-likeness (QED) is 0.279. The molecule has 0 atom stereocenters. The maximum Gasteiger partial charge on any atom is 0.191 e. The van der Waals surface area contributed by atoms with E-state index < -0.39 is 0 Å². The van der Waals surface area contributed by atoms with Crippen LogP contribution in [0.3, 0.4) is 0 Å². The van der Waals surface area contributed by atoms with Crippen molar-refractivity contribution in [1.82, 2.24) is 15.5 Å². The zero-order valence-electron chi connectivity index (χ0n) is 14.0. The highest BCUT2D eigenvalue weighted by Gasteiger charge is 2.07. The largest absolute Gasteiger partial charge is 0.357 e. The first-order valence-corrected chi connectivity index (χ1v) is 8.61. The van der Waals surface area contributed by atoms with Crippen molar-refractivity contribution in [2.45, 2.75) is 58.8 Å². The summed E-state index contributed by atoms with van der Waals surface area (Å²) in [7, 11) is 0. The molecule has 126 valence electrons. The van der Waals surface area contributed by atoms with E-state index in [9.17, 15) is 0 Å². The lowest BCUT2D eigenvalue weighted by molar-refractivity contribution is 0.283. The molecule has 5 heteroatoms. The van der Waals surface area contributed by atoms with Crippen LogP contribution in [0.25, 0.3) is 0 Å². The fourth-order valence-electron chi connectivity index (χ4n) is 2.57. The van der Waals surface area contributed by atoms with Gasteiger partial charge in [0.2, 0.25) is 0 Å². The SMILES string of the molecule is CCCCNC(=NCCCN1CCCCCC1)NCC.I. The van der Waals surface area contributed by atoms with E-state index in [2.05, 4.69) is 34.4 Å². The second-order valence-corrected chi connectivity index (χ2v) is 5.65. The highest BCUT2D eigenvalue weighted by molar-refractivity contribution is 14.0. The molecule has 0 aromatic rings. The van der Waals surface area contributed by atoms with Crippen LogP contribution in [0.1, 0.15) is 58.8 Å². The molecule has 0 aromatic heterocycles. The molecule has 0 bridgehead atoms. The average Bonchev–Trinajstić information content (AvgIpc) is 2.72. The van der Waals surface area contributed by atoms with E-state index in [-0.39, 0.29) is 24.0 Å². The van der Waals surface area contributed by atoms with Crippen LogP contribution in [0.5, 0.6) is 0 Å². The topological polar surface area (TPSA) is 39.7 Å². The molecule has 1 aliphatic heterocycles. The van der Waals surface area contributed by atoms with E-state index in [1.54, 1.807) is 0 Å². The molecule has 4 nitrogen and oxygen atoms in total. The third-order valence-corrected chi connectivity index (χ3v) is 3.77. The fraction of sp³-hybridized carbons (Fsp3) is 0.938. The van der Waals surface area contributed by atoms with E-state index in [4.69, 9.17) is 0 Å². The number of hydrogen-bond donors (Lipinski definition) is 2. The highest BCUT2D eigenvalue weighted by atomic mass is 127. The summed E-state index contributed by atoms with van der Waals surface area (Å²) in [4.78, 5) is 7.27. The van der Waals surface area contributed by atoms with Gasteiger partial charge >= 0.3 is 0 Å². The van der Waals surface area contributed by atoms with E-state index in [0.29, 0.717) is 0 Å². The summed E-state index contributed by atoms with van der Waals surface area (Å²) >= 11 is 0. The number of guanidine groups is 1. The summed E-state index contributed by atoms with van der Waals surface area (Å²) in [5.74, 6) is 0.983. The molecule has 2 N–H and O–H groups in total. The Hall–Kier alpha value is -0.0400. The summed E-state index contributed by atoms with van der Waals surface area (Å²) in [5.41, 5.74) is 0. The third kappa shape index (κ3) is 11.2. The van der Waals surface area contributed by atoms with Gasteiger partial charge in [0, 0.05) is 19.6 Å².